The molecule has 0 bridgehead atoms. The SMILES string of the molecule is Cc1ccccc1N(c1ccccc1)c1cc2c(c3ccccc13)C(C)(C)c1c-2c2ccccc2c2cc(N(c3ccccc3)c3ccccc3[Si](C)(C)C)ccc12. The maximum absolute atomic E-state index is 2.50. The Labute approximate surface area is 343 Å². The predicted molar refractivity (Wildman–Crippen MR) is 254 cm³/mol. The zero-order chi connectivity index (χ0) is 39.8. The van der Waals surface area contributed by atoms with E-state index in [9.17, 15) is 0 Å². The molecule has 0 amide bonds. The Bertz CT molecular complexity index is 3030. The van der Waals surface area contributed by atoms with Gasteiger partial charge in [-0.3, -0.25) is 0 Å². The fourth-order valence-corrected chi connectivity index (χ4v) is 11.4. The van der Waals surface area contributed by atoms with Crippen LogP contribution in [0.2, 0.25) is 19.6 Å². The minimum atomic E-state index is -1.70. The Hall–Kier alpha value is -6.42. The van der Waals surface area contributed by atoms with Gasteiger partial charge in [-0.05, 0) is 121 Å². The molecule has 3 heteroatoms. The fraction of sp³-hybridized carbons (Fsp3) is 0.127. The monoisotopic (exact) mass is 764 g/mol. The number of hydrogen-bond donors (Lipinski definition) is 0. The number of benzene rings is 9. The van der Waals surface area contributed by atoms with Crippen molar-refractivity contribution in [2.75, 3.05) is 9.80 Å². The van der Waals surface area contributed by atoms with Crippen LogP contribution in [-0.2, 0) is 5.41 Å². The molecule has 0 spiro atoms. The van der Waals surface area contributed by atoms with Crippen molar-refractivity contribution in [2.45, 2.75) is 45.8 Å². The quantitative estimate of drug-likeness (QED) is 0.118. The molecule has 0 fully saturated rings. The van der Waals surface area contributed by atoms with Gasteiger partial charge in [0.1, 0.15) is 0 Å². The summed E-state index contributed by atoms with van der Waals surface area (Å²) in [5.74, 6) is 0. The van der Waals surface area contributed by atoms with Crippen LogP contribution in [0.5, 0.6) is 0 Å². The van der Waals surface area contributed by atoms with Crippen molar-refractivity contribution in [1.29, 1.82) is 0 Å². The van der Waals surface area contributed by atoms with E-state index in [4.69, 9.17) is 0 Å². The summed E-state index contributed by atoms with van der Waals surface area (Å²) in [5, 5.41) is 9.19. The summed E-state index contributed by atoms with van der Waals surface area (Å²) in [6, 6.07) is 67.5. The third kappa shape index (κ3) is 5.60. The highest BCUT2D eigenvalue weighted by molar-refractivity contribution is 6.89. The molecule has 282 valence electrons. The van der Waals surface area contributed by atoms with Crippen LogP contribution < -0.4 is 15.0 Å². The number of fused-ring (bicyclic) bond motifs is 10. The van der Waals surface area contributed by atoms with Crippen LogP contribution in [-0.4, -0.2) is 8.07 Å². The Morgan fingerprint density at radius 3 is 1.60 bits per heavy atom. The first-order valence-electron chi connectivity index (χ1n) is 20.5. The second-order valence-electron chi connectivity index (χ2n) is 17.4. The van der Waals surface area contributed by atoms with Gasteiger partial charge >= 0.3 is 0 Å². The first-order chi connectivity index (χ1) is 28.1. The van der Waals surface area contributed by atoms with Gasteiger partial charge in [0.25, 0.3) is 0 Å². The van der Waals surface area contributed by atoms with E-state index in [0.29, 0.717) is 0 Å². The highest BCUT2D eigenvalue weighted by Crippen LogP contribution is 2.59. The van der Waals surface area contributed by atoms with Crippen molar-refractivity contribution in [3.05, 3.63) is 199 Å². The maximum Gasteiger partial charge on any atom is 0.0803 e. The number of para-hydroxylation sites is 4. The first-order valence-corrected chi connectivity index (χ1v) is 24.0. The normalized spacial score (nSPS) is 13.1. The third-order valence-electron chi connectivity index (χ3n) is 12.4. The number of anilines is 6. The highest BCUT2D eigenvalue weighted by Gasteiger charge is 2.41. The van der Waals surface area contributed by atoms with E-state index >= 15 is 0 Å². The minimum absolute atomic E-state index is 0.267. The number of nitrogens with zero attached hydrogens (tertiary/aromatic N) is 2. The average Bonchev–Trinajstić information content (AvgIpc) is 3.49. The van der Waals surface area contributed by atoms with Gasteiger partial charge in [0.05, 0.1) is 13.8 Å². The fourth-order valence-electron chi connectivity index (χ4n) is 9.89. The van der Waals surface area contributed by atoms with Gasteiger partial charge in [-0.25, -0.2) is 0 Å². The Morgan fingerprint density at radius 2 is 0.931 bits per heavy atom. The summed E-state index contributed by atoms with van der Waals surface area (Å²) in [6.45, 7) is 14.4. The summed E-state index contributed by atoms with van der Waals surface area (Å²) >= 11 is 0. The van der Waals surface area contributed by atoms with Crippen molar-refractivity contribution < 1.29 is 0 Å². The van der Waals surface area contributed by atoms with Crippen molar-refractivity contribution in [1.82, 2.24) is 0 Å². The van der Waals surface area contributed by atoms with Crippen LogP contribution in [0.25, 0.3) is 43.4 Å². The summed E-state index contributed by atoms with van der Waals surface area (Å²) in [7, 11) is -1.70. The van der Waals surface area contributed by atoms with Crippen molar-refractivity contribution in [2.24, 2.45) is 0 Å². The lowest BCUT2D eigenvalue weighted by Crippen LogP contribution is -2.40. The van der Waals surface area contributed by atoms with Crippen molar-refractivity contribution in [3.8, 4) is 11.1 Å². The number of rotatable bonds is 7. The predicted octanol–water partition coefficient (Wildman–Crippen LogP) is 15.2. The van der Waals surface area contributed by atoms with Gasteiger partial charge in [0.2, 0.25) is 0 Å². The average molecular weight is 765 g/mol. The zero-order valence-corrected chi connectivity index (χ0v) is 35.2. The summed E-state index contributed by atoms with van der Waals surface area (Å²) in [6.07, 6.45) is 0. The molecule has 0 aliphatic heterocycles. The smallest absolute Gasteiger partial charge is 0.0803 e. The maximum atomic E-state index is 2.50. The van der Waals surface area contributed by atoms with Crippen molar-refractivity contribution >= 4 is 79.7 Å². The van der Waals surface area contributed by atoms with Gasteiger partial charge in [-0.2, -0.15) is 0 Å². The van der Waals surface area contributed by atoms with E-state index in [0.717, 1.165) is 5.69 Å². The van der Waals surface area contributed by atoms with Crippen LogP contribution >= 0.6 is 0 Å². The van der Waals surface area contributed by atoms with Crippen LogP contribution in [0.4, 0.5) is 34.1 Å². The highest BCUT2D eigenvalue weighted by atomic mass is 28.3. The molecule has 0 saturated carbocycles. The molecule has 10 rings (SSSR count). The summed E-state index contributed by atoms with van der Waals surface area (Å²) < 4.78 is 0. The van der Waals surface area contributed by atoms with Gasteiger partial charge in [0, 0.05) is 39.2 Å². The molecule has 9 aromatic carbocycles. The van der Waals surface area contributed by atoms with E-state index in [1.54, 1.807) is 0 Å². The molecule has 0 atom stereocenters. The molecular weight excluding hydrogens is 717 g/mol. The second kappa shape index (κ2) is 13.6. The molecule has 1 aliphatic carbocycles. The Morgan fingerprint density at radius 1 is 0.397 bits per heavy atom. The molecule has 0 aromatic heterocycles. The van der Waals surface area contributed by atoms with Crippen LogP contribution in [0.3, 0.4) is 0 Å². The van der Waals surface area contributed by atoms with Crippen LogP contribution in [0, 0.1) is 6.92 Å². The van der Waals surface area contributed by atoms with E-state index in [1.807, 2.05) is 0 Å². The van der Waals surface area contributed by atoms with E-state index in [2.05, 4.69) is 232 Å². The summed E-state index contributed by atoms with van der Waals surface area (Å²) in [4.78, 5) is 4.95. The van der Waals surface area contributed by atoms with Crippen LogP contribution in [0.15, 0.2) is 182 Å². The molecule has 0 unspecified atom stereocenters. The zero-order valence-electron chi connectivity index (χ0n) is 34.2. The third-order valence-corrected chi connectivity index (χ3v) is 14.4. The molecule has 0 radical (unpaired) electrons. The van der Waals surface area contributed by atoms with Crippen molar-refractivity contribution in [3.63, 3.8) is 0 Å². The van der Waals surface area contributed by atoms with Gasteiger partial charge in [-0.15, -0.1) is 0 Å². The van der Waals surface area contributed by atoms with Gasteiger partial charge in [-0.1, -0.05) is 161 Å². The lowest BCUT2D eigenvalue weighted by Gasteiger charge is -2.32. The van der Waals surface area contributed by atoms with Gasteiger partial charge in [0.15, 0.2) is 0 Å². The lowest BCUT2D eigenvalue weighted by molar-refractivity contribution is 0.672. The number of aryl methyl sites for hydroxylation is 1. The molecular formula is C55H48N2Si. The lowest BCUT2D eigenvalue weighted by atomic mass is 9.77. The molecule has 1 aliphatic rings. The van der Waals surface area contributed by atoms with E-state index < -0.39 is 8.07 Å². The topological polar surface area (TPSA) is 6.48 Å². The molecule has 0 heterocycles. The molecule has 2 nitrogen and oxygen atoms in total. The second-order valence-corrected chi connectivity index (χ2v) is 22.4. The largest absolute Gasteiger partial charge is 0.311 e. The molecule has 0 N–H and O–H groups in total. The summed E-state index contributed by atoms with van der Waals surface area (Å²) in [5.41, 5.74) is 13.6. The Balaban J connectivity index is 1.27. The molecule has 58 heavy (non-hydrogen) atoms. The van der Waals surface area contributed by atoms with Gasteiger partial charge < -0.3 is 9.80 Å². The van der Waals surface area contributed by atoms with E-state index in [1.165, 1.54) is 93.8 Å². The number of hydrogen-bond acceptors (Lipinski definition) is 2. The Kier molecular flexibility index (Phi) is 8.44. The first kappa shape index (κ1) is 36.0. The molecule has 0 saturated heterocycles. The van der Waals surface area contributed by atoms with E-state index in [-0.39, 0.29) is 5.41 Å². The standard InChI is InChI=1S/C55H48N2Si/c1-37-21-13-18-30-48(37)57(39-24-11-8-12-25-39)50-36-47-52-43-28-16-14-26-41(43)46-35-40(33-34-45(46)54(52)55(2,3)53(47)44-29-17-15-27-42(44)50)56(38-22-9-7-10-23-38)49-31-19-20-32-51(49)58(4,5)6/h7-36H,1-6H3. The minimum Gasteiger partial charge on any atom is -0.311 e. The van der Waals surface area contributed by atoms with Crippen LogP contribution in [0.1, 0.15) is 30.5 Å². The molecule has 9 aromatic rings.